The second kappa shape index (κ2) is 6.68. The second-order valence-corrected chi connectivity index (χ2v) is 7.11. The number of nitrogens with zero attached hydrogens (tertiary/aromatic N) is 2. The van der Waals surface area contributed by atoms with Crippen molar-refractivity contribution in [2.75, 3.05) is 12.3 Å². The van der Waals surface area contributed by atoms with Gasteiger partial charge in [0.05, 0.1) is 15.9 Å². The fraction of sp³-hybridized carbons (Fsp3) is 0.438. The summed E-state index contributed by atoms with van der Waals surface area (Å²) in [5.74, 6) is 1.65. The number of hydrogen-bond acceptors (Lipinski definition) is 3. The molecule has 0 unspecified atom stereocenters. The van der Waals surface area contributed by atoms with Crippen molar-refractivity contribution < 1.29 is 4.74 Å². The summed E-state index contributed by atoms with van der Waals surface area (Å²) in [6.07, 6.45) is 0.875. The summed E-state index contributed by atoms with van der Waals surface area (Å²) in [6.45, 7) is 7.88. The maximum absolute atomic E-state index is 6.15. The van der Waals surface area contributed by atoms with Crippen molar-refractivity contribution in [3.8, 4) is 5.75 Å². The molecule has 0 saturated carbocycles. The van der Waals surface area contributed by atoms with Gasteiger partial charge in [0.2, 0.25) is 0 Å². The van der Waals surface area contributed by atoms with Crippen LogP contribution in [0, 0.1) is 3.57 Å². The molecule has 21 heavy (non-hydrogen) atoms. The molecule has 2 N–H and O–H groups in total. The van der Waals surface area contributed by atoms with E-state index in [1.54, 1.807) is 0 Å². The minimum absolute atomic E-state index is 0.0103. The lowest BCUT2D eigenvalue weighted by atomic mass is 9.92. The first-order valence-electron chi connectivity index (χ1n) is 7.09. The van der Waals surface area contributed by atoms with Gasteiger partial charge < -0.3 is 10.5 Å². The summed E-state index contributed by atoms with van der Waals surface area (Å²) in [5.41, 5.74) is 7.22. The zero-order valence-corrected chi connectivity index (χ0v) is 14.9. The minimum atomic E-state index is 0.0103. The van der Waals surface area contributed by atoms with E-state index in [-0.39, 0.29) is 5.41 Å². The van der Waals surface area contributed by atoms with Gasteiger partial charge in [-0.05, 0) is 34.7 Å². The Morgan fingerprint density at radius 2 is 1.90 bits per heavy atom. The van der Waals surface area contributed by atoms with E-state index in [4.69, 9.17) is 10.5 Å². The van der Waals surface area contributed by atoms with E-state index in [9.17, 15) is 0 Å². The lowest BCUT2D eigenvalue weighted by molar-refractivity contribution is 0.298. The first-order chi connectivity index (χ1) is 9.89. The van der Waals surface area contributed by atoms with Crippen molar-refractivity contribution in [1.82, 2.24) is 9.78 Å². The van der Waals surface area contributed by atoms with Crippen LogP contribution in [0.15, 0.2) is 30.3 Å². The number of aryl methyl sites for hydroxylation is 1. The molecule has 0 aliphatic carbocycles. The first-order valence-corrected chi connectivity index (χ1v) is 8.17. The summed E-state index contributed by atoms with van der Waals surface area (Å²) in [6, 6.07) is 9.84. The van der Waals surface area contributed by atoms with Gasteiger partial charge in [-0.3, -0.25) is 0 Å². The normalized spacial score (nSPS) is 11.6. The van der Waals surface area contributed by atoms with Crippen LogP contribution in [0.1, 0.15) is 32.9 Å². The van der Waals surface area contributed by atoms with E-state index < -0.39 is 0 Å². The molecule has 2 rings (SSSR count). The van der Waals surface area contributed by atoms with Gasteiger partial charge in [0.15, 0.2) is 0 Å². The van der Waals surface area contributed by atoms with E-state index in [2.05, 4.69) is 48.5 Å². The van der Waals surface area contributed by atoms with Gasteiger partial charge in [-0.25, -0.2) is 4.68 Å². The Balaban J connectivity index is 1.92. The Morgan fingerprint density at radius 3 is 2.48 bits per heavy atom. The average Bonchev–Trinajstić information content (AvgIpc) is 2.73. The Bertz CT molecular complexity index is 588. The third kappa shape index (κ3) is 4.12. The van der Waals surface area contributed by atoms with Gasteiger partial charge >= 0.3 is 0 Å². The van der Waals surface area contributed by atoms with Crippen LogP contribution in [0.5, 0.6) is 5.75 Å². The number of hydrogen-bond donors (Lipinski definition) is 1. The third-order valence-corrected chi connectivity index (χ3v) is 4.23. The monoisotopic (exact) mass is 399 g/mol. The SMILES string of the molecule is CC(C)(C)c1nn(CCCOc2ccccc2)c(N)c1I. The highest BCUT2D eigenvalue weighted by Gasteiger charge is 2.24. The molecule has 0 fully saturated rings. The molecule has 0 amide bonds. The summed E-state index contributed by atoms with van der Waals surface area (Å²) in [4.78, 5) is 0. The zero-order chi connectivity index (χ0) is 15.5. The van der Waals surface area contributed by atoms with Crippen LogP contribution in [0.2, 0.25) is 0 Å². The highest BCUT2D eigenvalue weighted by Crippen LogP contribution is 2.29. The Kier molecular flexibility index (Phi) is 5.13. The van der Waals surface area contributed by atoms with E-state index in [1.807, 2.05) is 35.0 Å². The molecule has 0 bridgehead atoms. The van der Waals surface area contributed by atoms with E-state index >= 15 is 0 Å². The van der Waals surface area contributed by atoms with Crippen LogP contribution < -0.4 is 10.5 Å². The number of para-hydroxylation sites is 1. The summed E-state index contributed by atoms with van der Waals surface area (Å²) in [7, 11) is 0. The summed E-state index contributed by atoms with van der Waals surface area (Å²) < 4.78 is 8.63. The average molecular weight is 399 g/mol. The maximum atomic E-state index is 6.15. The Morgan fingerprint density at radius 1 is 1.24 bits per heavy atom. The lowest BCUT2D eigenvalue weighted by Crippen LogP contribution is -2.14. The number of benzene rings is 1. The number of halogens is 1. The van der Waals surface area contributed by atoms with Crippen LogP contribution in [0.3, 0.4) is 0 Å². The molecule has 2 aromatic rings. The predicted molar refractivity (Wildman–Crippen MR) is 94.6 cm³/mol. The number of nitrogens with two attached hydrogens (primary N) is 1. The van der Waals surface area contributed by atoms with E-state index in [0.717, 1.165) is 33.8 Å². The van der Waals surface area contributed by atoms with Crippen LogP contribution in [-0.4, -0.2) is 16.4 Å². The lowest BCUT2D eigenvalue weighted by Gasteiger charge is -2.15. The second-order valence-electron chi connectivity index (χ2n) is 6.04. The van der Waals surface area contributed by atoms with Gasteiger partial charge in [0.25, 0.3) is 0 Å². The summed E-state index contributed by atoms with van der Waals surface area (Å²) >= 11 is 2.28. The van der Waals surface area contributed by atoms with Crippen LogP contribution in [0.25, 0.3) is 0 Å². The highest BCUT2D eigenvalue weighted by atomic mass is 127. The molecule has 1 heterocycles. The number of ether oxygens (including phenoxy) is 1. The topological polar surface area (TPSA) is 53.1 Å². The van der Waals surface area contributed by atoms with Gasteiger partial charge in [-0.1, -0.05) is 39.0 Å². The van der Waals surface area contributed by atoms with E-state index in [0.29, 0.717) is 6.61 Å². The molecule has 0 saturated heterocycles. The van der Waals surface area contributed by atoms with E-state index in [1.165, 1.54) is 0 Å². The van der Waals surface area contributed by atoms with Crippen molar-refractivity contribution in [3.63, 3.8) is 0 Å². The van der Waals surface area contributed by atoms with Gasteiger partial charge in [-0.2, -0.15) is 5.10 Å². The molecule has 1 aromatic heterocycles. The Labute approximate surface area is 139 Å². The molecule has 0 aliphatic rings. The molecule has 4 nitrogen and oxygen atoms in total. The fourth-order valence-corrected chi connectivity index (χ4v) is 3.22. The quantitative estimate of drug-likeness (QED) is 0.614. The fourth-order valence-electron chi connectivity index (χ4n) is 2.02. The molecular formula is C16H22IN3O. The molecule has 114 valence electrons. The predicted octanol–water partition coefficient (Wildman–Crippen LogP) is 3.84. The van der Waals surface area contributed by atoms with Crippen LogP contribution in [0.4, 0.5) is 5.82 Å². The van der Waals surface area contributed by atoms with Crippen molar-refractivity contribution in [2.45, 2.75) is 39.2 Å². The highest BCUT2D eigenvalue weighted by molar-refractivity contribution is 14.1. The molecule has 0 atom stereocenters. The standard InChI is InChI=1S/C16H22IN3O/c1-16(2,3)14-13(17)15(18)20(19-14)10-7-11-21-12-8-5-4-6-9-12/h4-6,8-9H,7,10-11,18H2,1-3H3. The number of rotatable bonds is 5. The largest absolute Gasteiger partial charge is 0.494 e. The number of anilines is 1. The van der Waals surface area contributed by atoms with Gasteiger partial charge in [-0.15, -0.1) is 0 Å². The van der Waals surface area contributed by atoms with Crippen molar-refractivity contribution >= 4 is 28.4 Å². The first kappa shape index (κ1) is 16.1. The summed E-state index contributed by atoms with van der Waals surface area (Å²) in [5, 5.41) is 4.65. The van der Waals surface area contributed by atoms with Crippen molar-refractivity contribution in [3.05, 3.63) is 39.6 Å². The maximum Gasteiger partial charge on any atom is 0.135 e. The molecule has 5 heteroatoms. The molecule has 0 radical (unpaired) electrons. The zero-order valence-electron chi connectivity index (χ0n) is 12.8. The third-order valence-electron chi connectivity index (χ3n) is 3.17. The smallest absolute Gasteiger partial charge is 0.135 e. The van der Waals surface area contributed by atoms with Gasteiger partial charge in [0.1, 0.15) is 11.6 Å². The number of aromatic nitrogens is 2. The van der Waals surface area contributed by atoms with Crippen LogP contribution >= 0.6 is 22.6 Å². The van der Waals surface area contributed by atoms with Crippen LogP contribution in [-0.2, 0) is 12.0 Å². The van der Waals surface area contributed by atoms with Gasteiger partial charge in [0, 0.05) is 18.4 Å². The van der Waals surface area contributed by atoms with Crippen molar-refractivity contribution in [2.24, 2.45) is 0 Å². The Hall–Kier alpha value is -1.24. The number of nitrogen functional groups attached to an aromatic ring is 1. The molecule has 0 aliphatic heterocycles. The molecular weight excluding hydrogens is 377 g/mol. The molecule has 0 spiro atoms. The molecule has 1 aromatic carbocycles. The minimum Gasteiger partial charge on any atom is -0.494 e. The van der Waals surface area contributed by atoms with Crippen molar-refractivity contribution in [1.29, 1.82) is 0 Å².